The second kappa shape index (κ2) is 17.2. The molecule has 15 nitrogen and oxygen atoms in total. The summed E-state index contributed by atoms with van der Waals surface area (Å²) in [6, 6.07) is -5.58. The van der Waals surface area contributed by atoms with E-state index in [1.165, 1.54) is 0 Å². The molecule has 0 aromatic rings. The van der Waals surface area contributed by atoms with Gasteiger partial charge in [0.05, 0.1) is 18.9 Å². The first-order valence-electron chi connectivity index (χ1n) is 11.2. The van der Waals surface area contributed by atoms with Crippen LogP contribution in [0.25, 0.3) is 0 Å². The third kappa shape index (κ3) is 13.9. The lowest BCUT2D eigenvalue weighted by atomic mass is 10.1. The summed E-state index contributed by atoms with van der Waals surface area (Å²) in [6.45, 7) is 0.728. The van der Waals surface area contributed by atoms with Crippen LogP contribution in [0.1, 0.15) is 51.4 Å². The molecule has 15 heteroatoms. The summed E-state index contributed by atoms with van der Waals surface area (Å²) >= 11 is 0. The maximum Gasteiger partial charge on any atom is 0.326 e. The average Bonchev–Trinajstić information content (AvgIpc) is 2.76. The molecular weight excluding hydrogens is 466 g/mol. The monoisotopic (exact) mass is 503 g/mol. The number of nitrogens with one attached hydrogen (secondary N) is 3. The fourth-order valence-electron chi connectivity index (χ4n) is 3.01. The molecule has 0 spiro atoms. The molecule has 4 atom stereocenters. The van der Waals surface area contributed by atoms with E-state index < -0.39 is 72.6 Å². The van der Waals surface area contributed by atoms with Crippen molar-refractivity contribution in [1.29, 1.82) is 0 Å². The third-order valence-corrected chi connectivity index (χ3v) is 4.92. The molecule has 0 aliphatic heterocycles. The Morgan fingerprint density at radius 2 is 1.11 bits per heavy atom. The molecule has 4 amide bonds. The number of amides is 4. The Morgan fingerprint density at radius 1 is 0.657 bits per heavy atom. The molecule has 200 valence electrons. The van der Waals surface area contributed by atoms with Crippen LogP contribution in [0.5, 0.6) is 0 Å². The van der Waals surface area contributed by atoms with E-state index in [-0.39, 0.29) is 12.8 Å². The molecular formula is C20H37N7O8. The van der Waals surface area contributed by atoms with Gasteiger partial charge in [-0.1, -0.05) is 6.42 Å². The summed E-state index contributed by atoms with van der Waals surface area (Å²) in [4.78, 5) is 71.8. The first kappa shape index (κ1) is 31.7. The lowest BCUT2D eigenvalue weighted by Crippen LogP contribution is -2.58. The second-order valence-corrected chi connectivity index (χ2v) is 7.97. The minimum atomic E-state index is -1.62. The molecule has 35 heavy (non-hydrogen) atoms. The highest BCUT2D eigenvalue weighted by atomic mass is 16.4. The summed E-state index contributed by atoms with van der Waals surface area (Å²) in [6.07, 6.45) is 0.844. The van der Waals surface area contributed by atoms with Crippen LogP contribution in [0.4, 0.5) is 0 Å². The molecule has 0 saturated carbocycles. The third-order valence-electron chi connectivity index (χ3n) is 4.92. The first-order valence-corrected chi connectivity index (χ1v) is 11.2. The van der Waals surface area contributed by atoms with Crippen molar-refractivity contribution in [1.82, 2.24) is 16.0 Å². The van der Waals surface area contributed by atoms with Crippen LogP contribution >= 0.6 is 0 Å². The Kier molecular flexibility index (Phi) is 15.6. The zero-order valence-corrected chi connectivity index (χ0v) is 19.5. The topological polar surface area (TPSA) is 283 Å². The Hall–Kier alpha value is -3.30. The Balaban J connectivity index is 5.42. The first-order chi connectivity index (χ1) is 16.4. The van der Waals surface area contributed by atoms with E-state index in [0.717, 1.165) is 0 Å². The number of rotatable bonds is 19. The van der Waals surface area contributed by atoms with Crippen molar-refractivity contribution in [3.8, 4) is 0 Å². The van der Waals surface area contributed by atoms with Crippen molar-refractivity contribution >= 4 is 35.6 Å². The second-order valence-electron chi connectivity index (χ2n) is 7.97. The van der Waals surface area contributed by atoms with Gasteiger partial charge in [0.1, 0.15) is 18.1 Å². The molecule has 0 bridgehead atoms. The number of carboxylic acids is 2. The van der Waals surface area contributed by atoms with Gasteiger partial charge in [0.2, 0.25) is 23.6 Å². The van der Waals surface area contributed by atoms with E-state index in [1.807, 2.05) is 0 Å². The highest BCUT2D eigenvalue weighted by Crippen LogP contribution is 2.05. The van der Waals surface area contributed by atoms with Crippen LogP contribution in [0, 0.1) is 0 Å². The van der Waals surface area contributed by atoms with Gasteiger partial charge in [-0.05, 0) is 45.2 Å². The van der Waals surface area contributed by atoms with E-state index in [2.05, 4.69) is 16.0 Å². The SMILES string of the molecule is NCCCCC(N)C(=O)NC(CC(=O)O)C(=O)NC(CC(N)=O)C(=O)NC(CCCCN)C(=O)O. The molecule has 0 heterocycles. The minimum Gasteiger partial charge on any atom is -0.481 e. The summed E-state index contributed by atoms with van der Waals surface area (Å²) in [5.74, 6) is -6.64. The summed E-state index contributed by atoms with van der Waals surface area (Å²) in [5.41, 5.74) is 21.7. The van der Waals surface area contributed by atoms with Crippen molar-refractivity contribution in [2.24, 2.45) is 22.9 Å². The molecule has 0 aliphatic rings. The van der Waals surface area contributed by atoms with Gasteiger partial charge in [0, 0.05) is 0 Å². The van der Waals surface area contributed by atoms with Crippen molar-refractivity contribution in [2.75, 3.05) is 13.1 Å². The number of nitrogens with two attached hydrogens (primary N) is 4. The Labute approximate surface area is 202 Å². The normalized spacial score (nSPS) is 14.1. The molecule has 0 radical (unpaired) electrons. The number of carbonyl (C=O) groups excluding carboxylic acids is 4. The summed E-state index contributed by atoms with van der Waals surface area (Å²) < 4.78 is 0. The van der Waals surface area contributed by atoms with E-state index in [9.17, 15) is 33.9 Å². The number of hydrogen-bond acceptors (Lipinski definition) is 9. The summed E-state index contributed by atoms with van der Waals surface area (Å²) in [5, 5.41) is 25.1. The van der Waals surface area contributed by atoms with Crippen molar-refractivity contribution in [3.05, 3.63) is 0 Å². The van der Waals surface area contributed by atoms with Gasteiger partial charge < -0.3 is 49.1 Å². The van der Waals surface area contributed by atoms with Gasteiger partial charge in [0.15, 0.2) is 0 Å². The molecule has 0 aromatic heterocycles. The number of aliphatic carboxylic acids is 2. The molecule has 0 saturated heterocycles. The molecule has 0 rings (SSSR count). The quantitative estimate of drug-likeness (QED) is 0.0778. The van der Waals surface area contributed by atoms with Crippen LogP contribution in [0.3, 0.4) is 0 Å². The smallest absolute Gasteiger partial charge is 0.326 e. The highest BCUT2D eigenvalue weighted by molar-refractivity contribution is 5.97. The van der Waals surface area contributed by atoms with Gasteiger partial charge in [0.25, 0.3) is 0 Å². The number of carbonyl (C=O) groups is 6. The molecule has 13 N–H and O–H groups in total. The van der Waals surface area contributed by atoms with Crippen molar-refractivity contribution < 1.29 is 39.0 Å². The Bertz CT molecular complexity index is 749. The van der Waals surface area contributed by atoms with Crippen molar-refractivity contribution in [2.45, 2.75) is 75.5 Å². The maximum absolute atomic E-state index is 12.7. The largest absolute Gasteiger partial charge is 0.481 e. The number of unbranched alkanes of at least 4 members (excludes halogenated alkanes) is 2. The lowest BCUT2D eigenvalue weighted by Gasteiger charge is -2.24. The predicted molar refractivity (Wildman–Crippen MR) is 123 cm³/mol. The van der Waals surface area contributed by atoms with E-state index >= 15 is 0 Å². The van der Waals surface area contributed by atoms with Crippen LogP contribution in [-0.4, -0.2) is 83.0 Å². The molecule has 0 aliphatic carbocycles. The predicted octanol–water partition coefficient (Wildman–Crippen LogP) is -3.54. The van der Waals surface area contributed by atoms with Gasteiger partial charge in [-0.15, -0.1) is 0 Å². The lowest BCUT2D eigenvalue weighted by molar-refractivity contribution is -0.143. The molecule has 0 aromatic carbocycles. The number of primary amides is 1. The Morgan fingerprint density at radius 3 is 1.57 bits per heavy atom. The molecule has 0 fully saturated rings. The highest BCUT2D eigenvalue weighted by Gasteiger charge is 2.32. The van der Waals surface area contributed by atoms with Crippen LogP contribution in [0.15, 0.2) is 0 Å². The standard InChI is InChI=1S/C20H37N7O8/c21-7-3-1-5-11(23)17(31)26-14(10-16(29)30)19(33)27-13(9-15(24)28)18(32)25-12(20(34)35)6-2-4-8-22/h11-14H,1-10,21-23H2,(H2,24,28)(H,25,32)(H,26,31)(H,27,33)(H,29,30)(H,34,35). The van der Waals surface area contributed by atoms with E-state index in [1.54, 1.807) is 0 Å². The van der Waals surface area contributed by atoms with Crippen molar-refractivity contribution in [3.63, 3.8) is 0 Å². The van der Waals surface area contributed by atoms with Crippen LogP contribution in [-0.2, 0) is 28.8 Å². The fraction of sp³-hybridized carbons (Fsp3) is 0.700. The minimum absolute atomic E-state index is 0.0508. The van der Waals surface area contributed by atoms with E-state index in [0.29, 0.717) is 38.8 Å². The van der Waals surface area contributed by atoms with Gasteiger partial charge in [-0.2, -0.15) is 0 Å². The maximum atomic E-state index is 12.7. The van der Waals surface area contributed by atoms with E-state index in [4.69, 9.17) is 28.0 Å². The van der Waals surface area contributed by atoms with Crippen LogP contribution < -0.4 is 38.9 Å². The zero-order valence-electron chi connectivity index (χ0n) is 19.5. The number of carboxylic acid groups (broad SMARTS) is 2. The fourth-order valence-corrected chi connectivity index (χ4v) is 3.01. The van der Waals surface area contributed by atoms with Gasteiger partial charge >= 0.3 is 11.9 Å². The zero-order chi connectivity index (χ0) is 27.0. The van der Waals surface area contributed by atoms with Crippen LogP contribution in [0.2, 0.25) is 0 Å². The van der Waals surface area contributed by atoms with Gasteiger partial charge in [-0.25, -0.2) is 4.79 Å². The summed E-state index contributed by atoms with van der Waals surface area (Å²) in [7, 11) is 0. The van der Waals surface area contributed by atoms with Gasteiger partial charge in [-0.3, -0.25) is 24.0 Å². The molecule has 4 unspecified atom stereocenters. The average molecular weight is 504 g/mol. The number of hydrogen-bond donors (Lipinski definition) is 9.